The maximum Gasteiger partial charge on any atom is 0.385 e. The number of diazo groups is 1. The molecular formula is C13H21ClN4O2S. The zero-order valence-electron chi connectivity index (χ0n) is 12.3. The summed E-state index contributed by atoms with van der Waals surface area (Å²) >= 11 is 0. The maximum atomic E-state index is 12.0. The van der Waals surface area contributed by atoms with Crippen molar-refractivity contribution in [2.75, 3.05) is 26.2 Å². The summed E-state index contributed by atoms with van der Waals surface area (Å²) < 4.78 is 26.6. The van der Waals surface area contributed by atoms with Gasteiger partial charge in [-0.25, -0.2) is 13.1 Å². The summed E-state index contributed by atoms with van der Waals surface area (Å²) in [5.74, 6) is 0. The van der Waals surface area contributed by atoms with E-state index >= 15 is 0 Å². The Bertz CT molecular complexity index is 551. The second-order valence-corrected chi connectivity index (χ2v) is 6.14. The third-order valence-electron chi connectivity index (χ3n) is 3.10. The molecule has 0 bridgehead atoms. The van der Waals surface area contributed by atoms with Crippen LogP contribution in [0.5, 0.6) is 0 Å². The van der Waals surface area contributed by atoms with Crippen molar-refractivity contribution in [3.8, 4) is 0 Å². The van der Waals surface area contributed by atoms with Crippen LogP contribution in [0.3, 0.4) is 0 Å². The van der Waals surface area contributed by atoms with Gasteiger partial charge in [-0.2, -0.15) is 0 Å². The number of sulfonamides is 1. The molecule has 0 fully saturated rings. The van der Waals surface area contributed by atoms with E-state index in [0.29, 0.717) is 12.2 Å². The van der Waals surface area contributed by atoms with Crippen LogP contribution in [0, 0.1) is 5.39 Å². The van der Waals surface area contributed by atoms with Crippen LogP contribution >= 0.6 is 0 Å². The van der Waals surface area contributed by atoms with Crippen molar-refractivity contribution in [3.05, 3.63) is 29.2 Å². The fourth-order valence-electron chi connectivity index (χ4n) is 1.82. The number of nitrogens with one attached hydrogen (secondary N) is 1. The summed E-state index contributed by atoms with van der Waals surface area (Å²) in [7, 11) is -3.49. The maximum absolute atomic E-state index is 12.0. The summed E-state index contributed by atoms with van der Waals surface area (Å²) in [5, 5.41) is 8.56. The lowest BCUT2D eigenvalue weighted by molar-refractivity contribution is -0.00000709. The molecule has 1 N–H and O–H groups in total. The van der Waals surface area contributed by atoms with Gasteiger partial charge in [0.1, 0.15) is 0 Å². The number of benzene rings is 1. The van der Waals surface area contributed by atoms with Gasteiger partial charge in [0.05, 0.1) is 4.90 Å². The number of nitrogens with zero attached hydrogens (tertiary/aromatic N) is 3. The first kappa shape index (κ1) is 19.8. The van der Waals surface area contributed by atoms with E-state index in [0.717, 1.165) is 26.1 Å². The smallest absolute Gasteiger partial charge is 0.385 e. The molecule has 0 saturated heterocycles. The first-order chi connectivity index (χ1) is 9.53. The van der Waals surface area contributed by atoms with E-state index in [1.807, 2.05) is 0 Å². The van der Waals surface area contributed by atoms with E-state index in [2.05, 4.69) is 28.4 Å². The lowest BCUT2D eigenvalue weighted by Gasteiger charge is -2.17. The van der Waals surface area contributed by atoms with Crippen LogP contribution in [0.25, 0.3) is 4.98 Å². The molecule has 0 aromatic heterocycles. The van der Waals surface area contributed by atoms with Gasteiger partial charge < -0.3 is 17.3 Å². The van der Waals surface area contributed by atoms with Crippen molar-refractivity contribution < 1.29 is 20.8 Å². The molecule has 0 aliphatic heterocycles. The normalized spacial score (nSPS) is 11.0. The molecular weight excluding hydrogens is 312 g/mol. The Labute approximate surface area is 132 Å². The zero-order chi connectivity index (χ0) is 15.0. The number of halogens is 1. The molecule has 0 radical (unpaired) electrons. The molecule has 0 aliphatic rings. The lowest BCUT2D eigenvalue weighted by Crippen LogP contribution is -3.00. The van der Waals surface area contributed by atoms with Crippen LogP contribution < -0.4 is 17.1 Å². The highest BCUT2D eigenvalue weighted by atomic mass is 35.5. The Hall–Kier alpha value is -1.20. The molecule has 6 nitrogen and oxygen atoms in total. The Morgan fingerprint density at radius 2 is 1.76 bits per heavy atom. The van der Waals surface area contributed by atoms with Gasteiger partial charge in [-0.15, -0.1) is 0 Å². The van der Waals surface area contributed by atoms with Gasteiger partial charge >= 0.3 is 5.69 Å². The van der Waals surface area contributed by atoms with Gasteiger partial charge in [-0.05, 0) is 38.2 Å². The summed E-state index contributed by atoms with van der Waals surface area (Å²) in [6.45, 7) is 7.39. The highest BCUT2D eigenvalue weighted by molar-refractivity contribution is 7.89. The molecule has 1 rings (SSSR count). The van der Waals surface area contributed by atoms with E-state index in [9.17, 15) is 8.42 Å². The molecule has 0 spiro atoms. The van der Waals surface area contributed by atoms with Gasteiger partial charge in [0.2, 0.25) is 15.4 Å². The van der Waals surface area contributed by atoms with Gasteiger partial charge in [0.25, 0.3) is 0 Å². The van der Waals surface area contributed by atoms with Crippen molar-refractivity contribution in [1.82, 2.24) is 9.62 Å². The topological polar surface area (TPSA) is 77.6 Å². The molecule has 0 amide bonds. The minimum Gasteiger partial charge on any atom is -1.00 e. The molecule has 0 atom stereocenters. The molecule has 0 saturated carbocycles. The highest BCUT2D eigenvalue weighted by Crippen LogP contribution is 2.15. The van der Waals surface area contributed by atoms with Gasteiger partial charge in [0, 0.05) is 18.7 Å². The summed E-state index contributed by atoms with van der Waals surface area (Å²) in [4.78, 5) is 5.40. The first-order valence-electron chi connectivity index (χ1n) is 6.70. The van der Waals surface area contributed by atoms with Crippen LogP contribution in [0.4, 0.5) is 5.69 Å². The lowest BCUT2D eigenvalue weighted by atomic mass is 10.3. The van der Waals surface area contributed by atoms with E-state index in [1.54, 1.807) is 0 Å². The second kappa shape index (κ2) is 9.68. The minimum atomic E-state index is -3.49. The summed E-state index contributed by atoms with van der Waals surface area (Å²) in [5.41, 5.74) is 0.325. The Kier molecular flexibility index (Phi) is 9.13. The average Bonchev–Trinajstić information content (AvgIpc) is 2.47. The van der Waals surface area contributed by atoms with Gasteiger partial charge in [-0.3, -0.25) is 0 Å². The first-order valence-corrected chi connectivity index (χ1v) is 8.19. The molecule has 118 valence electrons. The molecule has 0 heterocycles. The Morgan fingerprint density at radius 1 is 1.19 bits per heavy atom. The predicted molar refractivity (Wildman–Crippen MR) is 78.8 cm³/mol. The van der Waals surface area contributed by atoms with Gasteiger partial charge in [-0.1, -0.05) is 13.8 Å². The van der Waals surface area contributed by atoms with E-state index in [4.69, 9.17) is 5.39 Å². The second-order valence-electron chi connectivity index (χ2n) is 4.37. The summed E-state index contributed by atoms with van der Waals surface area (Å²) in [6.07, 6.45) is 0.769. The van der Waals surface area contributed by atoms with Crippen molar-refractivity contribution in [3.63, 3.8) is 0 Å². The third kappa shape index (κ3) is 6.40. The SMILES string of the molecule is CCN(CC)CCCNS(=O)(=O)c1ccc([N+]#N)cc1.[Cl-]. The van der Waals surface area contributed by atoms with Crippen LogP contribution in [0.1, 0.15) is 20.3 Å². The molecule has 21 heavy (non-hydrogen) atoms. The van der Waals surface area contributed by atoms with E-state index in [1.165, 1.54) is 24.3 Å². The van der Waals surface area contributed by atoms with E-state index in [-0.39, 0.29) is 17.3 Å². The Balaban J connectivity index is 0.00000400. The van der Waals surface area contributed by atoms with Crippen LogP contribution in [-0.2, 0) is 10.0 Å². The standard InChI is InChI=1S/C13H21N4O2S.ClH/c1-3-17(4-2)11-5-10-15-20(18,19)13-8-6-12(16-14)7-9-13;/h6-9,15H,3-5,10-11H2,1-2H3;1H/q+1;/p-1. The summed E-state index contributed by atoms with van der Waals surface area (Å²) in [6, 6.07) is 5.73. The van der Waals surface area contributed by atoms with Gasteiger partial charge in [0.15, 0.2) is 4.98 Å². The number of hydrogen-bond donors (Lipinski definition) is 1. The number of rotatable bonds is 8. The van der Waals surface area contributed by atoms with Crippen molar-refractivity contribution >= 4 is 15.7 Å². The molecule has 8 heteroatoms. The minimum absolute atomic E-state index is 0. The molecule has 1 aromatic rings. The third-order valence-corrected chi connectivity index (χ3v) is 4.58. The quantitative estimate of drug-likeness (QED) is 0.499. The Morgan fingerprint density at radius 3 is 2.24 bits per heavy atom. The van der Waals surface area contributed by atoms with Crippen LogP contribution in [0.2, 0.25) is 0 Å². The molecule has 1 aromatic carbocycles. The van der Waals surface area contributed by atoms with Crippen molar-refractivity contribution in [1.29, 1.82) is 5.39 Å². The zero-order valence-corrected chi connectivity index (χ0v) is 13.9. The number of hydrogen-bond acceptors (Lipinski definition) is 4. The fraction of sp³-hybridized carbons (Fsp3) is 0.538. The van der Waals surface area contributed by atoms with E-state index < -0.39 is 10.0 Å². The molecule has 0 unspecified atom stereocenters. The predicted octanol–water partition coefficient (Wildman–Crippen LogP) is -0.815. The average molecular weight is 333 g/mol. The van der Waals surface area contributed by atoms with Crippen LogP contribution in [-0.4, -0.2) is 39.5 Å². The largest absolute Gasteiger partial charge is 1.00 e. The van der Waals surface area contributed by atoms with Crippen LogP contribution in [0.15, 0.2) is 29.2 Å². The monoisotopic (exact) mass is 332 g/mol. The molecule has 0 aliphatic carbocycles. The highest BCUT2D eigenvalue weighted by Gasteiger charge is 2.15. The van der Waals surface area contributed by atoms with Crippen molar-refractivity contribution in [2.45, 2.75) is 25.2 Å². The fourth-order valence-corrected chi connectivity index (χ4v) is 2.90. The van der Waals surface area contributed by atoms with Crippen molar-refractivity contribution in [2.24, 2.45) is 0 Å².